The number of carbonyl (C=O) groups is 1. The van der Waals surface area contributed by atoms with E-state index in [1.165, 1.54) is 11.8 Å². The molecule has 0 aliphatic heterocycles. The lowest BCUT2D eigenvalue weighted by Crippen LogP contribution is -2.28. The maximum Gasteiger partial charge on any atom is 0.230 e. The van der Waals surface area contributed by atoms with E-state index in [0.717, 1.165) is 28.0 Å². The predicted molar refractivity (Wildman–Crippen MR) is 102 cm³/mol. The number of aromatic nitrogens is 2. The Balaban J connectivity index is 2.01. The Kier molecular flexibility index (Phi) is 5.76. The minimum atomic E-state index is -0.0490. The van der Waals surface area contributed by atoms with Gasteiger partial charge in [0.2, 0.25) is 5.91 Å². The van der Waals surface area contributed by atoms with Crippen LogP contribution in [0.5, 0.6) is 0 Å². The zero-order valence-corrected chi connectivity index (χ0v) is 15.6. The molecule has 0 aliphatic rings. The molecule has 1 N–H and O–H groups in total. The van der Waals surface area contributed by atoms with E-state index >= 15 is 0 Å². The van der Waals surface area contributed by atoms with Crippen molar-refractivity contribution >= 4 is 34.3 Å². The number of nitriles is 1. The van der Waals surface area contributed by atoms with Gasteiger partial charge in [-0.1, -0.05) is 30.8 Å². The number of para-hydroxylation sites is 2. The van der Waals surface area contributed by atoms with E-state index < -0.39 is 0 Å². The number of thioether (sulfide) groups is 1. The molecule has 0 aliphatic carbocycles. The van der Waals surface area contributed by atoms with E-state index in [0.29, 0.717) is 30.1 Å². The van der Waals surface area contributed by atoms with Crippen molar-refractivity contribution in [3.05, 3.63) is 41.5 Å². The quantitative estimate of drug-likeness (QED) is 0.512. The molecule has 0 atom stereocenters. The lowest BCUT2D eigenvalue weighted by Gasteiger charge is -2.11. The average molecular weight is 368 g/mol. The highest BCUT2D eigenvalue weighted by molar-refractivity contribution is 7.99. The van der Waals surface area contributed by atoms with E-state index in [4.69, 9.17) is 4.74 Å². The van der Waals surface area contributed by atoms with Gasteiger partial charge in [0.25, 0.3) is 0 Å². The third-order valence-electron chi connectivity index (χ3n) is 4.10. The second-order valence-corrected chi connectivity index (χ2v) is 6.73. The largest absolute Gasteiger partial charge is 0.383 e. The fourth-order valence-corrected chi connectivity index (χ4v) is 3.76. The van der Waals surface area contributed by atoms with Crippen LogP contribution >= 0.6 is 11.8 Å². The van der Waals surface area contributed by atoms with Crippen molar-refractivity contribution in [2.45, 2.75) is 18.4 Å². The smallest absolute Gasteiger partial charge is 0.230 e. The van der Waals surface area contributed by atoms with Crippen LogP contribution < -0.4 is 5.32 Å². The zero-order chi connectivity index (χ0) is 18.5. The van der Waals surface area contributed by atoms with Gasteiger partial charge in [0, 0.05) is 13.7 Å². The number of pyridine rings is 1. The van der Waals surface area contributed by atoms with Crippen LogP contribution in [0.4, 0.5) is 0 Å². The molecular weight excluding hydrogens is 348 g/mol. The Bertz CT molecular complexity index is 991. The molecule has 0 saturated heterocycles. The van der Waals surface area contributed by atoms with Crippen molar-refractivity contribution in [2.75, 3.05) is 26.0 Å². The van der Waals surface area contributed by atoms with Gasteiger partial charge in [-0.25, -0.2) is 4.98 Å². The number of imidazole rings is 1. The van der Waals surface area contributed by atoms with Crippen molar-refractivity contribution in [2.24, 2.45) is 0 Å². The Morgan fingerprint density at radius 3 is 2.96 bits per heavy atom. The monoisotopic (exact) mass is 368 g/mol. The molecule has 1 amide bonds. The summed E-state index contributed by atoms with van der Waals surface area (Å²) in [6.45, 7) is 3.00. The first kappa shape index (κ1) is 18.2. The van der Waals surface area contributed by atoms with E-state index in [1.807, 2.05) is 41.7 Å². The van der Waals surface area contributed by atoms with Crippen LogP contribution in [0.2, 0.25) is 0 Å². The fourth-order valence-electron chi connectivity index (χ4n) is 2.84. The number of amides is 1. The van der Waals surface area contributed by atoms with Gasteiger partial charge < -0.3 is 10.1 Å². The van der Waals surface area contributed by atoms with Gasteiger partial charge in [0.15, 0.2) is 5.65 Å². The number of nitrogens with zero attached hydrogens (tertiary/aromatic N) is 3. The summed E-state index contributed by atoms with van der Waals surface area (Å²) in [7, 11) is 1.60. The Labute approximate surface area is 156 Å². The van der Waals surface area contributed by atoms with E-state index in [1.54, 1.807) is 7.11 Å². The number of ether oxygens (including phenoxy) is 1. The fraction of sp³-hybridized carbons (Fsp3) is 0.316. The molecule has 6 nitrogen and oxygen atoms in total. The summed E-state index contributed by atoms with van der Waals surface area (Å²) in [6.07, 6.45) is 0.732. The van der Waals surface area contributed by atoms with Crippen LogP contribution in [0, 0.1) is 11.3 Å². The molecule has 0 radical (unpaired) electrons. The lowest BCUT2D eigenvalue weighted by molar-refractivity contribution is -0.118. The molecule has 0 spiro atoms. The third-order valence-corrected chi connectivity index (χ3v) is 5.10. The maximum atomic E-state index is 12.0. The normalized spacial score (nSPS) is 11.0. The number of benzene rings is 1. The van der Waals surface area contributed by atoms with Crippen molar-refractivity contribution in [1.29, 1.82) is 5.26 Å². The molecule has 2 aromatic heterocycles. The van der Waals surface area contributed by atoms with Crippen molar-refractivity contribution < 1.29 is 9.53 Å². The standard InChI is InChI=1S/C19H20N4O2S/c1-3-13-10-18(26-12-17(24)21-8-9-25-2)23-16-7-5-4-6-15(16)22-19(23)14(13)11-20/h4-7,10H,3,8-9,12H2,1-2H3,(H,21,24). The second-order valence-electron chi connectivity index (χ2n) is 5.74. The van der Waals surface area contributed by atoms with Crippen LogP contribution in [-0.2, 0) is 16.0 Å². The Morgan fingerprint density at radius 1 is 1.42 bits per heavy atom. The Morgan fingerprint density at radius 2 is 2.23 bits per heavy atom. The van der Waals surface area contributed by atoms with Gasteiger partial charge in [-0.3, -0.25) is 9.20 Å². The van der Waals surface area contributed by atoms with Crippen LogP contribution in [0.15, 0.2) is 35.4 Å². The predicted octanol–water partition coefficient (Wildman–Crippen LogP) is 2.78. The van der Waals surface area contributed by atoms with Crippen LogP contribution in [0.3, 0.4) is 0 Å². The molecule has 7 heteroatoms. The molecule has 134 valence electrons. The maximum absolute atomic E-state index is 12.0. The van der Waals surface area contributed by atoms with Gasteiger partial charge in [-0.2, -0.15) is 5.26 Å². The molecule has 3 aromatic rings. The number of hydrogen-bond donors (Lipinski definition) is 1. The van der Waals surface area contributed by atoms with Gasteiger partial charge in [0.05, 0.1) is 34.0 Å². The van der Waals surface area contributed by atoms with Gasteiger partial charge in [0.1, 0.15) is 6.07 Å². The number of aryl methyl sites for hydroxylation is 1. The first-order chi connectivity index (χ1) is 12.7. The number of rotatable bonds is 7. The van der Waals surface area contributed by atoms with Crippen LogP contribution in [0.1, 0.15) is 18.1 Å². The van der Waals surface area contributed by atoms with E-state index in [9.17, 15) is 10.1 Å². The van der Waals surface area contributed by atoms with Gasteiger partial charge >= 0.3 is 0 Å². The molecular formula is C19H20N4O2S. The van der Waals surface area contributed by atoms with Crippen LogP contribution in [-0.4, -0.2) is 41.3 Å². The van der Waals surface area contributed by atoms with Crippen molar-refractivity contribution in [3.8, 4) is 6.07 Å². The molecule has 26 heavy (non-hydrogen) atoms. The van der Waals surface area contributed by atoms with Crippen molar-refractivity contribution in [1.82, 2.24) is 14.7 Å². The molecule has 2 heterocycles. The van der Waals surface area contributed by atoms with Crippen LogP contribution in [0.25, 0.3) is 16.7 Å². The van der Waals surface area contributed by atoms with E-state index in [2.05, 4.69) is 16.4 Å². The number of fused-ring (bicyclic) bond motifs is 3. The summed E-state index contributed by atoms with van der Waals surface area (Å²) >= 11 is 1.44. The topological polar surface area (TPSA) is 79.4 Å². The number of nitrogens with one attached hydrogen (secondary N) is 1. The summed E-state index contributed by atoms with van der Waals surface area (Å²) in [5, 5.41) is 13.3. The molecule has 0 unspecified atom stereocenters. The zero-order valence-electron chi connectivity index (χ0n) is 14.8. The molecule has 1 aromatic carbocycles. The molecule has 0 bridgehead atoms. The highest BCUT2D eigenvalue weighted by Gasteiger charge is 2.17. The summed E-state index contributed by atoms with van der Waals surface area (Å²) in [5.41, 5.74) is 3.96. The highest BCUT2D eigenvalue weighted by Crippen LogP contribution is 2.29. The molecule has 0 saturated carbocycles. The average Bonchev–Trinajstić information content (AvgIpc) is 3.05. The number of hydrogen-bond acceptors (Lipinski definition) is 5. The summed E-state index contributed by atoms with van der Waals surface area (Å²) in [5.74, 6) is 0.243. The minimum Gasteiger partial charge on any atom is -0.383 e. The first-order valence-electron chi connectivity index (χ1n) is 8.41. The Hall–Kier alpha value is -2.56. The third kappa shape index (κ3) is 3.52. The number of carbonyl (C=O) groups excluding carboxylic acids is 1. The minimum absolute atomic E-state index is 0.0490. The van der Waals surface area contributed by atoms with Crippen molar-refractivity contribution in [3.63, 3.8) is 0 Å². The summed E-state index contributed by atoms with van der Waals surface area (Å²) in [6, 6.07) is 12.1. The number of methoxy groups -OCH3 is 1. The lowest BCUT2D eigenvalue weighted by atomic mass is 10.1. The highest BCUT2D eigenvalue weighted by atomic mass is 32.2. The SMILES string of the molecule is CCc1cc(SCC(=O)NCCOC)n2c(nc3ccccc32)c1C#N. The molecule has 0 fully saturated rings. The summed E-state index contributed by atoms with van der Waals surface area (Å²) < 4.78 is 6.91. The molecule has 3 rings (SSSR count). The second kappa shape index (κ2) is 8.21. The van der Waals surface area contributed by atoms with Gasteiger partial charge in [-0.15, -0.1) is 0 Å². The first-order valence-corrected chi connectivity index (χ1v) is 9.39. The van der Waals surface area contributed by atoms with E-state index in [-0.39, 0.29) is 5.91 Å². The summed E-state index contributed by atoms with van der Waals surface area (Å²) in [4.78, 5) is 16.7. The van der Waals surface area contributed by atoms with Gasteiger partial charge in [-0.05, 0) is 30.2 Å².